The Morgan fingerprint density at radius 2 is 1.87 bits per heavy atom. The van der Waals surface area contributed by atoms with Gasteiger partial charge < -0.3 is 19.9 Å². The third kappa shape index (κ3) is 6.08. The summed E-state index contributed by atoms with van der Waals surface area (Å²) >= 11 is 6.08. The Kier molecular flexibility index (Phi) is 6.84. The van der Waals surface area contributed by atoms with Gasteiger partial charge in [0.1, 0.15) is 5.75 Å². The Morgan fingerprint density at radius 1 is 1.30 bits per heavy atom. The number of halogens is 1. The predicted molar refractivity (Wildman–Crippen MR) is 87.1 cm³/mol. The smallest absolute Gasteiger partial charge is 0.305 e. The molecule has 0 aromatic heterocycles. The Labute approximate surface area is 140 Å². The van der Waals surface area contributed by atoms with Crippen LogP contribution in [-0.2, 0) is 14.3 Å². The van der Waals surface area contributed by atoms with E-state index >= 15 is 0 Å². The Hall–Kier alpha value is -1.79. The van der Waals surface area contributed by atoms with Gasteiger partial charge in [-0.15, -0.1) is 0 Å². The fourth-order valence-electron chi connectivity index (χ4n) is 2.29. The molecular formula is C16H22ClNO5. The second-order valence-electron chi connectivity index (χ2n) is 5.77. The van der Waals surface area contributed by atoms with Crippen molar-refractivity contribution >= 4 is 23.5 Å². The van der Waals surface area contributed by atoms with Gasteiger partial charge in [-0.1, -0.05) is 11.6 Å². The molecule has 0 aliphatic heterocycles. The molecule has 0 fully saturated rings. The summed E-state index contributed by atoms with van der Waals surface area (Å²) in [5.74, 6) is -0.906. The zero-order valence-corrected chi connectivity index (χ0v) is 14.5. The van der Waals surface area contributed by atoms with Crippen LogP contribution in [0.2, 0.25) is 5.02 Å². The molecule has 0 saturated carbocycles. The van der Waals surface area contributed by atoms with Gasteiger partial charge in [0.15, 0.2) is 6.61 Å². The topological polar surface area (TPSA) is 84.9 Å². The number of rotatable bonds is 8. The van der Waals surface area contributed by atoms with E-state index in [1.54, 1.807) is 19.1 Å². The minimum Gasteiger partial charge on any atom is -0.484 e. The first kappa shape index (κ1) is 19.3. The summed E-state index contributed by atoms with van der Waals surface area (Å²) in [5.41, 5.74) is 0.724. The number of nitrogens with one attached hydrogen (secondary N) is 1. The summed E-state index contributed by atoms with van der Waals surface area (Å²) < 4.78 is 10.4. The van der Waals surface area contributed by atoms with Gasteiger partial charge in [-0.3, -0.25) is 9.59 Å². The summed E-state index contributed by atoms with van der Waals surface area (Å²) in [6.07, 6.45) is -0.244. The lowest BCUT2D eigenvalue weighted by atomic mass is 9.99. The fourth-order valence-corrected chi connectivity index (χ4v) is 2.40. The molecule has 1 aromatic carbocycles. The number of carbonyl (C=O) groups excluding carboxylic acids is 1. The number of aryl methyl sites for hydroxylation is 2. The molecule has 7 heteroatoms. The van der Waals surface area contributed by atoms with E-state index in [1.807, 2.05) is 13.8 Å². The van der Waals surface area contributed by atoms with Crippen molar-refractivity contribution in [1.29, 1.82) is 0 Å². The fraction of sp³-hybridized carbons (Fsp3) is 0.500. The molecule has 23 heavy (non-hydrogen) atoms. The molecular weight excluding hydrogens is 322 g/mol. The highest BCUT2D eigenvalue weighted by atomic mass is 35.5. The number of aliphatic carboxylic acids is 1. The maximum Gasteiger partial charge on any atom is 0.305 e. The van der Waals surface area contributed by atoms with E-state index in [0.717, 1.165) is 11.1 Å². The lowest BCUT2D eigenvalue weighted by Crippen LogP contribution is -2.52. The molecule has 0 radical (unpaired) electrons. The van der Waals surface area contributed by atoms with E-state index in [4.69, 9.17) is 26.2 Å². The van der Waals surface area contributed by atoms with Crippen LogP contribution in [-0.4, -0.2) is 42.8 Å². The third-order valence-electron chi connectivity index (χ3n) is 3.23. The van der Waals surface area contributed by atoms with Crippen molar-refractivity contribution in [2.24, 2.45) is 0 Å². The normalized spacial score (nSPS) is 13.3. The van der Waals surface area contributed by atoms with Crippen LogP contribution < -0.4 is 10.1 Å². The summed E-state index contributed by atoms with van der Waals surface area (Å²) in [4.78, 5) is 22.9. The van der Waals surface area contributed by atoms with E-state index in [1.165, 1.54) is 7.11 Å². The monoisotopic (exact) mass is 343 g/mol. The van der Waals surface area contributed by atoms with Crippen molar-refractivity contribution in [3.8, 4) is 5.75 Å². The van der Waals surface area contributed by atoms with Gasteiger partial charge in [-0.05, 0) is 44.0 Å². The van der Waals surface area contributed by atoms with Gasteiger partial charge in [0, 0.05) is 12.1 Å². The van der Waals surface area contributed by atoms with E-state index in [0.29, 0.717) is 10.8 Å². The van der Waals surface area contributed by atoms with E-state index in [9.17, 15) is 9.59 Å². The van der Waals surface area contributed by atoms with Crippen LogP contribution in [0.3, 0.4) is 0 Å². The van der Waals surface area contributed by atoms with Gasteiger partial charge in [0.2, 0.25) is 0 Å². The van der Waals surface area contributed by atoms with E-state index in [2.05, 4.69) is 5.32 Å². The quantitative estimate of drug-likeness (QED) is 0.756. The number of amides is 1. The van der Waals surface area contributed by atoms with Crippen molar-refractivity contribution in [3.63, 3.8) is 0 Å². The molecule has 0 bridgehead atoms. The highest BCUT2D eigenvalue weighted by Gasteiger charge is 2.29. The number of carboxylic acid groups (broad SMARTS) is 1. The molecule has 128 valence electrons. The molecule has 1 amide bonds. The summed E-state index contributed by atoms with van der Waals surface area (Å²) in [6, 6.07) is 3.49. The number of methoxy groups -OCH3 is 1. The summed E-state index contributed by atoms with van der Waals surface area (Å²) in [5, 5.41) is 12.2. The van der Waals surface area contributed by atoms with Crippen LogP contribution in [0, 0.1) is 13.8 Å². The third-order valence-corrected chi connectivity index (χ3v) is 3.82. The molecule has 0 heterocycles. The number of carbonyl (C=O) groups is 2. The molecule has 2 N–H and O–H groups in total. The molecule has 0 spiro atoms. The Bertz CT molecular complexity index is 567. The van der Waals surface area contributed by atoms with Crippen molar-refractivity contribution in [2.75, 3.05) is 20.3 Å². The van der Waals surface area contributed by atoms with Crippen LogP contribution in [0.25, 0.3) is 0 Å². The summed E-state index contributed by atoms with van der Waals surface area (Å²) in [6.45, 7) is 5.18. The van der Waals surface area contributed by atoms with E-state index < -0.39 is 17.4 Å². The number of benzene rings is 1. The lowest BCUT2D eigenvalue weighted by molar-refractivity contribution is -0.139. The van der Waals surface area contributed by atoms with Crippen LogP contribution in [0.15, 0.2) is 12.1 Å². The maximum atomic E-state index is 12.0. The van der Waals surface area contributed by atoms with Crippen LogP contribution in [0.5, 0.6) is 5.75 Å². The minimum absolute atomic E-state index is 0.0875. The predicted octanol–water partition coefficient (Wildman–Crippen LogP) is 2.33. The number of carboxylic acids is 1. The molecule has 1 atom stereocenters. The van der Waals surface area contributed by atoms with Crippen LogP contribution in [0.4, 0.5) is 0 Å². The SMILES string of the molecule is COCC(C)(CC(=O)O)NC(=O)COc1cc(C)c(Cl)c(C)c1. The molecule has 6 nitrogen and oxygen atoms in total. The number of ether oxygens (including phenoxy) is 2. The van der Waals surface area contributed by atoms with Crippen molar-refractivity contribution < 1.29 is 24.2 Å². The van der Waals surface area contributed by atoms with Gasteiger partial charge in [0.05, 0.1) is 18.6 Å². The molecule has 0 saturated heterocycles. The zero-order chi connectivity index (χ0) is 17.6. The standard InChI is InChI=1S/C16H22ClNO5/c1-10-5-12(6-11(2)15(10)17)23-8-13(19)18-16(3,9-22-4)7-14(20)21/h5-6H,7-9H2,1-4H3,(H,18,19)(H,20,21). The Morgan fingerprint density at radius 3 is 2.35 bits per heavy atom. The zero-order valence-electron chi connectivity index (χ0n) is 13.7. The average molecular weight is 344 g/mol. The first-order valence-corrected chi connectivity index (χ1v) is 7.46. The summed E-state index contributed by atoms with van der Waals surface area (Å²) in [7, 11) is 1.45. The van der Waals surface area contributed by atoms with Crippen molar-refractivity contribution in [2.45, 2.75) is 32.7 Å². The first-order chi connectivity index (χ1) is 10.7. The second kappa shape index (κ2) is 8.17. The van der Waals surface area contributed by atoms with Gasteiger partial charge in [-0.2, -0.15) is 0 Å². The Balaban J connectivity index is 2.67. The van der Waals surface area contributed by atoms with Gasteiger partial charge in [0.25, 0.3) is 5.91 Å². The van der Waals surface area contributed by atoms with Gasteiger partial charge in [-0.25, -0.2) is 0 Å². The molecule has 1 aromatic rings. The maximum absolute atomic E-state index is 12.0. The second-order valence-corrected chi connectivity index (χ2v) is 6.15. The molecule has 1 rings (SSSR count). The van der Waals surface area contributed by atoms with Crippen molar-refractivity contribution in [1.82, 2.24) is 5.32 Å². The molecule has 0 aliphatic carbocycles. The highest BCUT2D eigenvalue weighted by Crippen LogP contribution is 2.25. The largest absolute Gasteiger partial charge is 0.484 e. The number of hydrogen-bond acceptors (Lipinski definition) is 4. The van der Waals surface area contributed by atoms with E-state index in [-0.39, 0.29) is 19.6 Å². The van der Waals surface area contributed by atoms with Crippen LogP contribution >= 0.6 is 11.6 Å². The van der Waals surface area contributed by atoms with Crippen molar-refractivity contribution in [3.05, 3.63) is 28.3 Å². The first-order valence-electron chi connectivity index (χ1n) is 7.08. The molecule has 1 unspecified atom stereocenters. The average Bonchev–Trinajstić information content (AvgIpc) is 2.41. The number of hydrogen-bond donors (Lipinski definition) is 2. The molecule has 0 aliphatic rings. The van der Waals surface area contributed by atoms with Crippen LogP contribution in [0.1, 0.15) is 24.5 Å². The highest BCUT2D eigenvalue weighted by molar-refractivity contribution is 6.32. The van der Waals surface area contributed by atoms with Gasteiger partial charge >= 0.3 is 5.97 Å². The minimum atomic E-state index is -1.02. The lowest BCUT2D eigenvalue weighted by Gasteiger charge is -2.28.